The minimum Gasteiger partial charge on any atom is -0.489 e. The summed E-state index contributed by atoms with van der Waals surface area (Å²) >= 11 is 3.33. The Labute approximate surface area is 107 Å². The topological polar surface area (TPSA) is 35.2 Å². The van der Waals surface area contributed by atoms with Crippen molar-refractivity contribution in [1.29, 1.82) is 0 Å². The van der Waals surface area contributed by atoms with Gasteiger partial charge in [-0.3, -0.25) is 0 Å². The van der Waals surface area contributed by atoms with Gasteiger partial charge in [-0.25, -0.2) is 4.39 Å². The SMILES string of the molecule is Nc1cc(Br)cc(OCc2cccc(F)c2)c1. The van der Waals surface area contributed by atoms with Crippen molar-refractivity contribution in [3.05, 3.63) is 58.3 Å². The molecule has 88 valence electrons. The summed E-state index contributed by atoms with van der Waals surface area (Å²) in [7, 11) is 0. The van der Waals surface area contributed by atoms with Gasteiger partial charge in [-0.15, -0.1) is 0 Å². The highest BCUT2D eigenvalue weighted by Crippen LogP contribution is 2.23. The van der Waals surface area contributed by atoms with Crippen molar-refractivity contribution in [2.24, 2.45) is 0 Å². The largest absolute Gasteiger partial charge is 0.489 e. The highest BCUT2D eigenvalue weighted by molar-refractivity contribution is 9.10. The van der Waals surface area contributed by atoms with Crippen LogP contribution in [0.25, 0.3) is 0 Å². The van der Waals surface area contributed by atoms with Crippen LogP contribution in [0, 0.1) is 5.82 Å². The van der Waals surface area contributed by atoms with Crippen molar-refractivity contribution in [1.82, 2.24) is 0 Å². The molecule has 0 fully saturated rings. The molecule has 2 rings (SSSR count). The molecular weight excluding hydrogens is 285 g/mol. The summed E-state index contributed by atoms with van der Waals surface area (Å²) in [6.07, 6.45) is 0. The zero-order chi connectivity index (χ0) is 12.3. The fourth-order valence-corrected chi connectivity index (χ4v) is 1.95. The van der Waals surface area contributed by atoms with Crippen molar-refractivity contribution in [2.45, 2.75) is 6.61 Å². The second kappa shape index (κ2) is 5.19. The third-order valence-corrected chi connectivity index (χ3v) is 2.65. The number of nitrogen functional groups attached to an aromatic ring is 1. The molecule has 0 bridgehead atoms. The maximum Gasteiger partial charge on any atom is 0.123 e. The van der Waals surface area contributed by atoms with Crippen LogP contribution in [0.3, 0.4) is 0 Å². The Morgan fingerprint density at radius 2 is 2.00 bits per heavy atom. The summed E-state index contributed by atoms with van der Waals surface area (Å²) in [6, 6.07) is 11.6. The lowest BCUT2D eigenvalue weighted by Crippen LogP contribution is -1.96. The van der Waals surface area contributed by atoms with Crippen LogP contribution in [0.2, 0.25) is 0 Å². The van der Waals surface area contributed by atoms with E-state index in [2.05, 4.69) is 15.9 Å². The number of nitrogens with two attached hydrogens (primary N) is 1. The summed E-state index contributed by atoms with van der Waals surface area (Å²) in [5, 5.41) is 0. The highest BCUT2D eigenvalue weighted by Gasteiger charge is 2.00. The second-order valence-electron chi connectivity index (χ2n) is 3.64. The molecule has 0 aromatic heterocycles. The Hall–Kier alpha value is -1.55. The van der Waals surface area contributed by atoms with E-state index in [-0.39, 0.29) is 5.82 Å². The number of hydrogen-bond donors (Lipinski definition) is 1. The number of rotatable bonds is 3. The van der Waals surface area contributed by atoms with E-state index >= 15 is 0 Å². The van der Waals surface area contributed by atoms with Gasteiger partial charge in [-0.05, 0) is 29.8 Å². The first kappa shape index (κ1) is 11.9. The van der Waals surface area contributed by atoms with Crippen molar-refractivity contribution in [2.75, 3.05) is 5.73 Å². The maximum absolute atomic E-state index is 12.9. The van der Waals surface area contributed by atoms with E-state index in [0.29, 0.717) is 18.0 Å². The molecule has 0 saturated heterocycles. The summed E-state index contributed by atoms with van der Waals surface area (Å²) in [5.41, 5.74) is 7.08. The summed E-state index contributed by atoms with van der Waals surface area (Å²) in [4.78, 5) is 0. The first-order chi connectivity index (χ1) is 8.13. The summed E-state index contributed by atoms with van der Waals surface area (Å²) in [6.45, 7) is 0.313. The Morgan fingerprint density at radius 1 is 1.18 bits per heavy atom. The Bertz CT molecular complexity index is 510. The van der Waals surface area contributed by atoms with Crippen LogP contribution in [-0.4, -0.2) is 0 Å². The lowest BCUT2D eigenvalue weighted by Gasteiger charge is -2.07. The molecule has 2 aromatic carbocycles. The first-order valence-corrected chi connectivity index (χ1v) is 5.86. The van der Waals surface area contributed by atoms with Crippen LogP contribution in [0.15, 0.2) is 46.9 Å². The number of ether oxygens (including phenoxy) is 1. The van der Waals surface area contributed by atoms with Crippen LogP contribution < -0.4 is 10.5 Å². The number of anilines is 1. The van der Waals surface area contributed by atoms with E-state index in [1.165, 1.54) is 12.1 Å². The summed E-state index contributed by atoms with van der Waals surface area (Å²) in [5.74, 6) is 0.390. The fraction of sp³-hybridized carbons (Fsp3) is 0.0769. The maximum atomic E-state index is 12.9. The predicted octanol–water partition coefficient (Wildman–Crippen LogP) is 3.75. The number of hydrogen-bond acceptors (Lipinski definition) is 2. The molecule has 0 aliphatic heterocycles. The quantitative estimate of drug-likeness (QED) is 0.875. The second-order valence-corrected chi connectivity index (χ2v) is 4.55. The Kier molecular flexibility index (Phi) is 3.64. The van der Waals surface area contributed by atoms with Crippen LogP contribution in [0.5, 0.6) is 5.75 Å². The lowest BCUT2D eigenvalue weighted by molar-refractivity contribution is 0.305. The van der Waals surface area contributed by atoms with Gasteiger partial charge in [0.05, 0.1) is 0 Å². The monoisotopic (exact) mass is 295 g/mol. The van der Waals surface area contributed by atoms with Gasteiger partial charge >= 0.3 is 0 Å². The van der Waals surface area contributed by atoms with Gasteiger partial charge in [0.15, 0.2) is 0 Å². The molecule has 0 saturated carbocycles. The number of halogens is 2. The van der Waals surface area contributed by atoms with Gasteiger partial charge in [0, 0.05) is 16.2 Å². The average molecular weight is 296 g/mol. The van der Waals surface area contributed by atoms with Crippen molar-refractivity contribution >= 4 is 21.6 Å². The minimum absolute atomic E-state index is 0.264. The van der Waals surface area contributed by atoms with Crippen LogP contribution in [0.4, 0.5) is 10.1 Å². The first-order valence-electron chi connectivity index (χ1n) is 5.07. The molecule has 0 heterocycles. The Morgan fingerprint density at radius 3 is 2.71 bits per heavy atom. The zero-order valence-corrected chi connectivity index (χ0v) is 10.6. The van der Waals surface area contributed by atoms with E-state index in [4.69, 9.17) is 10.5 Å². The summed E-state index contributed by atoms with van der Waals surface area (Å²) < 4.78 is 19.3. The average Bonchev–Trinajstić information content (AvgIpc) is 2.25. The molecule has 0 atom stereocenters. The van der Waals surface area contributed by atoms with Gasteiger partial charge < -0.3 is 10.5 Å². The van der Waals surface area contributed by atoms with Crippen LogP contribution >= 0.6 is 15.9 Å². The van der Waals surface area contributed by atoms with Gasteiger partial charge in [-0.2, -0.15) is 0 Å². The van der Waals surface area contributed by atoms with Gasteiger partial charge in [0.2, 0.25) is 0 Å². The molecular formula is C13H11BrFNO. The molecule has 2 nitrogen and oxygen atoms in total. The molecule has 0 amide bonds. The lowest BCUT2D eigenvalue weighted by atomic mass is 10.2. The third-order valence-electron chi connectivity index (χ3n) is 2.19. The van der Waals surface area contributed by atoms with Crippen molar-refractivity contribution in [3.8, 4) is 5.75 Å². The molecule has 4 heteroatoms. The van der Waals surface area contributed by atoms with Crippen LogP contribution in [-0.2, 0) is 6.61 Å². The van der Waals surface area contributed by atoms with Gasteiger partial charge in [0.25, 0.3) is 0 Å². The molecule has 2 N–H and O–H groups in total. The molecule has 0 aliphatic rings. The van der Waals surface area contributed by atoms with Gasteiger partial charge in [0.1, 0.15) is 18.2 Å². The third kappa shape index (κ3) is 3.46. The number of benzene rings is 2. The van der Waals surface area contributed by atoms with E-state index in [0.717, 1.165) is 10.0 Å². The molecule has 17 heavy (non-hydrogen) atoms. The molecule has 2 aromatic rings. The zero-order valence-electron chi connectivity index (χ0n) is 8.99. The fourth-order valence-electron chi connectivity index (χ4n) is 1.46. The van der Waals surface area contributed by atoms with E-state index < -0.39 is 0 Å². The van der Waals surface area contributed by atoms with E-state index in [1.54, 1.807) is 18.2 Å². The van der Waals surface area contributed by atoms with E-state index in [1.807, 2.05) is 12.1 Å². The molecule has 0 spiro atoms. The normalized spacial score (nSPS) is 10.2. The Balaban J connectivity index is 2.07. The molecule has 0 radical (unpaired) electrons. The van der Waals surface area contributed by atoms with Crippen LogP contribution in [0.1, 0.15) is 5.56 Å². The standard InChI is InChI=1S/C13H11BrFNO/c14-10-5-12(16)7-13(6-10)17-8-9-2-1-3-11(15)4-9/h1-7H,8,16H2. The smallest absolute Gasteiger partial charge is 0.123 e. The van der Waals surface area contributed by atoms with Crippen molar-refractivity contribution < 1.29 is 9.13 Å². The van der Waals surface area contributed by atoms with Crippen molar-refractivity contribution in [3.63, 3.8) is 0 Å². The molecule has 0 unspecified atom stereocenters. The van der Waals surface area contributed by atoms with E-state index in [9.17, 15) is 4.39 Å². The minimum atomic E-state index is -0.264. The highest BCUT2D eigenvalue weighted by atomic mass is 79.9. The predicted molar refractivity (Wildman–Crippen MR) is 69.3 cm³/mol. The molecule has 0 aliphatic carbocycles. The van der Waals surface area contributed by atoms with Gasteiger partial charge in [-0.1, -0.05) is 28.1 Å².